The average molecular weight is 314 g/mol. The van der Waals surface area contributed by atoms with Gasteiger partial charge >= 0.3 is 0 Å². The molecule has 1 aromatic carbocycles. The van der Waals surface area contributed by atoms with Crippen molar-refractivity contribution in [2.75, 3.05) is 26.9 Å². The lowest BCUT2D eigenvalue weighted by Crippen LogP contribution is -2.40. The molecule has 21 heavy (non-hydrogen) atoms. The summed E-state index contributed by atoms with van der Waals surface area (Å²) in [5.41, 5.74) is 5.90. The zero-order valence-corrected chi connectivity index (χ0v) is 13.2. The molecule has 0 aromatic heterocycles. The molecule has 1 fully saturated rings. The van der Waals surface area contributed by atoms with Crippen LogP contribution in [0.15, 0.2) is 29.2 Å². The lowest BCUT2D eigenvalue weighted by Gasteiger charge is -2.22. The van der Waals surface area contributed by atoms with Crippen LogP contribution in [-0.4, -0.2) is 51.7 Å². The van der Waals surface area contributed by atoms with Crippen molar-refractivity contribution in [2.24, 2.45) is 5.73 Å². The summed E-state index contributed by atoms with van der Waals surface area (Å²) in [4.78, 5) is 0.266. The summed E-state index contributed by atoms with van der Waals surface area (Å²) in [6.45, 7) is 3.23. The molecule has 0 bridgehead atoms. The Hall–Kier alpha value is -1.15. The van der Waals surface area contributed by atoms with Crippen molar-refractivity contribution < 1.29 is 17.9 Å². The van der Waals surface area contributed by atoms with Gasteiger partial charge < -0.3 is 15.2 Å². The van der Waals surface area contributed by atoms with Crippen LogP contribution in [0.25, 0.3) is 0 Å². The van der Waals surface area contributed by atoms with Crippen molar-refractivity contribution >= 4 is 10.0 Å². The molecule has 0 spiro atoms. The highest BCUT2D eigenvalue weighted by atomic mass is 32.2. The van der Waals surface area contributed by atoms with Crippen molar-refractivity contribution in [2.45, 2.75) is 30.3 Å². The van der Waals surface area contributed by atoms with E-state index >= 15 is 0 Å². The number of hydrogen-bond acceptors (Lipinski definition) is 5. The zero-order chi connectivity index (χ0) is 15.5. The van der Waals surface area contributed by atoms with Gasteiger partial charge in [-0.15, -0.1) is 0 Å². The minimum absolute atomic E-state index is 0.101. The van der Waals surface area contributed by atoms with Crippen molar-refractivity contribution in [1.82, 2.24) is 4.31 Å². The SMILES string of the molecule is COCCOc1ccc(S(=O)(=O)N2CCC(N)C2C)cc1. The molecule has 6 nitrogen and oxygen atoms in total. The van der Waals surface area contributed by atoms with Gasteiger partial charge in [0.2, 0.25) is 10.0 Å². The van der Waals surface area contributed by atoms with Crippen LogP contribution < -0.4 is 10.5 Å². The number of hydrogen-bond donors (Lipinski definition) is 1. The summed E-state index contributed by atoms with van der Waals surface area (Å²) in [7, 11) is -1.89. The second-order valence-corrected chi connectivity index (χ2v) is 7.01. The van der Waals surface area contributed by atoms with Crippen molar-refractivity contribution in [3.05, 3.63) is 24.3 Å². The van der Waals surface area contributed by atoms with Crippen LogP contribution in [0, 0.1) is 0 Å². The van der Waals surface area contributed by atoms with E-state index in [2.05, 4.69) is 0 Å². The highest BCUT2D eigenvalue weighted by Crippen LogP contribution is 2.26. The van der Waals surface area contributed by atoms with Crippen LogP contribution in [0.3, 0.4) is 0 Å². The smallest absolute Gasteiger partial charge is 0.243 e. The maximum atomic E-state index is 12.6. The number of benzene rings is 1. The molecule has 0 radical (unpaired) electrons. The van der Waals surface area contributed by atoms with Gasteiger partial charge in [0.15, 0.2) is 0 Å². The first-order chi connectivity index (χ1) is 9.96. The second-order valence-electron chi connectivity index (χ2n) is 5.12. The van der Waals surface area contributed by atoms with Gasteiger partial charge in [0.25, 0.3) is 0 Å². The van der Waals surface area contributed by atoms with Crippen molar-refractivity contribution in [1.29, 1.82) is 0 Å². The van der Waals surface area contributed by atoms with E-state index in [0.717, 1.165) is 0 Å². The predicted molar refractivity (Wildman–Crippen MR) is 79.8 cm³/mol. The number of nitrogens with zero attached hydrogens (tertiary/aromatic N) is 1. The summed E-state index contributed by atoms with van der Waals surface area (Å²) in [6, 6.07) is 6.16. The van der Waals surface area contributed by atoms with Gasteiger partial charge in [-0.2, -0.15) is 4.31 Å². The van der Waals surface area contributed by atoms with Gasteiger partial charge in [-0.1, -0.05) is 0 Å². The quantitative estimate of drug-likeness (QED) is 0.786. The highest BCUT2D eigenvalue weighted by Gasteiger charge is 2.37. The first kappa shape index (κ1) is 16.2. The summed E-state index contributed by atoms with van der Waals surface area (Å²) in [5.74, 6) is 0.622. The molecule has 1 aliphatic rings. The molecule has 0 saturated carbocycles. The van der Waals surface area contributed by atoms with E-state index in [4.69, 9.17) is 15.2 Å². The fraction of sp³-hybridized carbons (Fsp3) is 0.571. The minimum atomic E-state index is -3.49. The van der Waals surface area contributed by atoms with E-state index < -0.39 is 10.0 Å². The van der Waals surface area contributed by atoms with Crippen molar-refractivity contribution in [3.8, 4) is 5.75 Å². The monoisotopic (exact) mass is 314 g/mol. The summed E-state index contributed by atoms with van der Waals surface area (Å²) < 4.78 is 36.9. The Labute approximate surface area is 125 Å². The maximum absolute atomic E-state index is 12.6. The van der Waals surface area contributed by atoms with E-state index in [0.29, 0.717) is 31.9 Å². The first-order valence-electron chi connectivity index (χ1n) is 6.96. The Morgan fingerprint density at radius 2 is 1.95 bits per heavy atom. The number of nitrogens with two attached hydrogens (primary N) is 1. The lowest BCUT2D eigenvalue weighted by molar-refractivity contribution is 0.146. The van der Waals surface area contributed by atoms with Crippen LogP contribution in [-0.2, 0) is 14.8 Å². The minimum Gasteiger partial charge on any atom is -0.491 e. The second kappa shape index (κ2) is 6.74. The fourth-order valence-corrected chi connectivity index (χ4v) is 4.05. The van der Waals surface area contributed by atoms with Crippen LogP contribution in [0.4, 0.5) is 0 Å². The Kier molecular flexibility index (Phi) is 5.21. The van der Waals surface area contributed by atoms with Crippen molar-refractivity contribution in [3.63, 3.8) is 0 Å². The molecule has 118 valence electrons. The Morgan fingerprint density at radius 1 is 1.29 bits per heavy atom. The Bertz CT molecular complexity index is 559. The summed E-state index contributed by atoms with van der Waals surface area (Å²) in [6.07, 6.45) is 0.693. The largest absolute Gasteiger partial charge is 0.491 e. The molecule has 0 amide bonds. The molecule has 2 unspecified atom stereocenters. The van der Waals surface area contributed by atoms with Gasteiger partial charge in [-0.25, -0.2) is 8.42 Å². The van der Waals surface area contributed by atoms with Crippen LogP contribution in [0.1, 0.15) is 13.3 Å². The summed E-state index contributed by atoms with van der Waals surface area (Å²) >= 11 is 0. The van der Waals surface area contributed by atoms with Gasteiger partial charge in [-0.3, -0.25) is 0 Å². The molecule has 1 aromatic rings. The van der Waals surface area contributed by atoms with Gasteiger partial charge in [0.05, 0.1) is 11.5 Å². The molecule has 1 heterocycles. The molecular weight excluding hydrogens is 292 g/mol. The van der Waals surface area contributed by atoms with E-state index in [-0.39, 0.29) is 17.0 Å². The van der Waals surface area contributed by atoms with Gasteiger partial charge in [0.1, 0.15) is 12.4 Å². The number of sulfonamides is 1. The van der Waals surface area contributed by atoms with Gasteiger partial charge in [-0.05, 0) is 37.6 Å². The van der Waals surface area contributed by atoms with Crippen LogP contribution >= 0.6 is 0 Å². The third kappa shape index (κ3) is 3.55. The predicted octanol–water partition coefficient (Wildman–Crippen LogP) is 0.822. The van der Waals surface area contributed by atoms with Gasteiger partial charge in [0, 0.05) is 25.7 Å². The van der Waals surface area contributed by atoms with E-state index in [1.807, 2.05) is 6.92 Å². The number of ether oxygens (including phenoxy) is 2. The topological polar surface area (TPSA) is 81.9 Å². The van der Waals surface area contributed by atoms with E-state index in [1.165, 1.54) is 4.31 Å². The molecule has 0 aliphatic carbocycles. The molecule has 1 aliphatic heterocycles. The molecule has 7 heteroatoms. The molecule has 1 saturated heterocycles. The number of rotatable bonds is 6. The zero-order valence-electron chi connectivity index (χ0n) is 12.4. The van der Waals surface area contributed by atoms with E-state index in [9.17, 15) is 8.42 Å². The third-order valence-electron chi connectivity index (χ3n) is 3.74. The third-order valence-corrected chi connectivity index (χ3v) is 5.74. The molecule has 2 atom stereocenters. The standard InChI is InChI=1S/C14H22N2O4S/c1-11-14(15)7-8-16(11)21(17,18)13-5-3-12(4-6-13)20-10-9-19-2/h3-6,11,14H,7-10,15H2,1-2H3. The Balaban J connectivity index is 2.10. The molecular formula is C14H22N2O4S. The maximum Gasteiger partial charge on any atom is 0.243 e. The van der Waals surface area contributed by atoms with Crippen LogP contribution in [0.5, 0.6) is 5.75 Å². The van der Waals surface area contributed by atoms with E-state index in [1.54, 1.807) is 31.4 Å². The summed E-state index contributed by atoms with van der Waals surface area (Å²) in [5, 5.41) is 0. The fourth-order valence-electron chi connectivity index (χ4n) is 2.36. The Morgan fingerprint density at radius 3 is 2.48 bits per heavy atom. The number of methoxy groups -OCH3 is 1. The normalized spacial score (nSPS) is 23.4. The molecule has 2 rings (SSSR count). The first-order valence-corrected chi connectivity index (χ1v) is 8.40. The average Bonchev–Trinajstić information content (AvgIpc) is 2.80. The molecule has 2 N–H and O–H groups in total. The lowest BCUT2D eigenvalue weighted by atomic mass is 10.2. The highest BCUT2D eigenvalue weighted by molar-refractivity contribution is 7.89. The van der Waals surface area contributed by atoms with Crippen LogP contribution in [0.2, 0.25) is 0 Å².